The Morgan fingerprint density at radius 1 is 1.19 bits per heavy atom. The van der Waals surface area contributed by atoms with Crippen molar-refractivity contribution >= 4 is 50.8 Å². The normalized spacial score (nSPS) is 19.9. The van der Waals surface area contributed by atoms with Crippen LogP contribution in [0.1, 0.15) is 51.0 Å². The van der Waals surface area contributed by atoms with Crippen molar-refractivity contribution in [2.45, 2.75) is 31.9 Å². The van der Waals surface area contributed by atoms with Crippen molar-refractivity contribution in [1.82, 2.24) is 0 Å². The third kappa shape index (κ3) is 4.47. The predicted octanol–water partition coefficient (Wildman–Crippen LogP) is 8.18. The van der Waals surface area contributed by atoms with E-state index in [4.69, 9.17) is 32.7 Å². The van der Waals surface area contributed by atoms with Crippen LogP contribution in [0.5, 0.6) is 11.5 Å². The molecule has 3 aromatic rings. The fraction of sp³-hybridized carbons (Fsp3) is 0.250. The smallest absolute Gasteiger partial charge is 0.336 e. The Morgan fingerprint density at radius 3 is 2.72 bits per heavy atom. The van der Waals surface area contributed by atoms with Crippen LogP contribution in [0.2, 0.25) is 10.0 Å². The van der Waals surface area contributed by atoms with E-state index in [0.717, 1.165) is 38.8 Å². The van der Waals surface area contributed by atoms with Crippen LogP contribution in [-0.2, 0) is 6.61 Å². The van der Waals surface area contributed by atoms with Crippen molar-refractivity contribution in [3.63, 3.8) is 0 Å². The lowest BCUT2D eigenvalue weighted by Gasteiger charge is -2.39. The van der Waals surface area contributed by atoms with Crippen molar-refractivity contribution in [2.75, 3.05) is 12.4 Å². The van der Waals surface area contributed by atoms with Gasteiger partial charge in [0.05, 0.1) is 23.2 Å². The van der Waals surface area contributed by atoms with Crippen molar-refractivity contribution in [1.29, 1.82) is 0 Å². The number of carboxylic acid groups (broad SMARTS) is 1. The summed E-state index contributed by atoms with van der Waals surface area (Å²) in [6.07, 6.45) is 5.37. The molecule has 3 aromatic carbocycles. The molecule has 1 aliphatic carbocycles. The van der Waals surface area contributed by atoms with Crippen molar-refractivity contribution < 1.29 is 19.4 Å². The van der Waals surface area contributed by atoms with Gasteiger partial charge >= 0.3 is 5.97 Å². The minimum Gasteiger partial charge on any atom is -0.493 e. The zero-order valence-corrected chi connectivity index (χ0v) is 22.7. The number of allylic oxidation sites excluding steroid dienone is 2. The van der Waals surface area contributed by atoms with Crippen LogP contribution in [0.25, 0.3) is 0 Å². The number of hydrogen-bond acceptors (Lipinski definition) is 4. The van der Waals surface area contributed by atoms with Gasteiger partial charge in [0.1, 0.15) is 6.61 Å². The van der Waals surface area contributed by atoms with Gasteiger partial charge in [-0.3, -0.25) is 0 Å². The standard InChI is InChI=1S/C28H24BrCl2NO4/c1-14-18(28(33)34)8-9-21-19-4-3-5-20(19)26(32-25(14)21)16-10-22(29)27(24(11-16)35-2)36-13-15-6-7-17(30)12-23(15)31/h3-4,6-12,19-20,26,32H,5,13H2,1-2H3,(H,33,34)/t19-,20-,26-/m0/s1. The lowest BCUT2D eigenvalue weighted by atomic mass is 9.76. The number of anilines is 1. The summed E-state index contributed by atoms with van der Waals surface area (Å²) < 4.78 is 12.6. The molecule has 0 unspecified atom stereocenters. The molecular weight excluding hydrogens is 565 g/mol. The average molecular weight is 589 g/mol. The highest BCUT2D eigenvalue weighted by atomic mass is 79.9. The molecule has 0 spiro atoms. The molecule has 0 bridgehead atoms. The van der Waals surface area contributed by atoms with Gasteiger partial charge in [0, 0.05) is 27.2 Å². The molecule has 5 rings (SSSR count). The van der Waals surface area contributed by atoms with Crippen LogP contribution >= 0.6 is 39.1 Å². The van der Waals surface area contributed by atoms with Crippen LogP contribution in [0.4, 0.5) is 5.69 Å². The second-order valence-corrected chi connectivity index (χ2v) is 10.7. The summed E-state index contributed by atoms with van der Waals surface area (Å²) in [5.41, 5.74) is 4.92. The number of nitrogens with one attached hydrogen (secondary N) is 1. The molecule has 0 saturated carbocycles. The maximum absolute atomic E-state index is 11.8. The monoisotopic (exact) mass is 587 g/mol. The lowest BCUT2D eigenvalue weighted by Crippen LogP contribution is -2.30. The van der Waals surface area contributed by atoms with Gasteiger partial charge in [-0.15, -0.1) is 0 Å². The van der Waals surface area contributed by atoms with Gasteiger partial charge in [0.15, 0.2) is 11.5 Å². The molecule has 0 saturated heterocycles. The number of rotatable bonds is 6. The molecule has 0 radical (unpaired) electrons. The number of hydrogen-bond donors (Lipinski definition) is 2. The topological polar surface area (TPSA) is 67.8 Å². The van der Waals surface area contributed by atoms with Crippen LogP contribution in [0.15, 0.2) is 59.1 Å². The minimum atomic E-state index is -0.926. The van der Waals surface area contributed by atoms with E-state index in [-0.39, 0.29) is 18.6 Å². The second kappa shape index (κ2) is 10.0. The van der Waals surface area contributed by atoms with Crippen LogP contribution in [0, 0.1) is 12.8 Å². The number of benzene rings is 3. The third-order valence-electron chi connectivity index (χ3n) is 7.03. The Morgan fingerprint density at radius 2 is 2.00 bits per heavy atom. The number of fused-ring (bicyclic) bond motifs is 3. The number of halogens is 3. The van der Waals surface area contributed by atoms with E-state index in [1.54, 1.807) is 25.3 Å². The van der Waals surface area contributed by atoms with E-state index in [1.807, 2.05) is 31.2 Å². The fourth-order valence-corrected chi connectivity index (χ4v) is 6.26. The molecule has 1 heterocycles. The number of carboxylic acids is 1. The first kappa shape index (κ1) is 25.0. The van der Waals surface area contributed by atoms with E-state index in [1.165, 1.54) is 0 Å². The average Bonchev–Trinajstić information content (AvgIpc) is 3.34. The van der Waals surface area contributed by atoms with Gasteiger partial charge in [-0.25, -0.2) is 4.79 Å². The van der Waals surface area contributed by atoms with E-state index in [2.05, 4.69) is 33.4 Å². The number of methoxy groups -OCH3 is 1. The Labute approximate surface area is 228 Å². The molecule has 5 nitrogen and oxygen atoms in total. The van der Waals surface area contributed by atoms with Gasteiger partial charge < -0.3 is 19.9 Å². The lowest BCUT2D eigenvalue weighted by molar-refractivity contribution is 0.0696. The quantitative estimate of drug-likeness (QED) is 0.284. The molecule has 0 fully saturated rings. The summed E-state index contributed by atoms with van der Waals surface area (Å²) in [6.45, 7) is 2.12. The Hall–Kier alpha value is -2.67. The highest BCUT2D eigenvalue weighted by Crippen LogP contribution is 2.52. The minimum absolute atomic E-state index is 0.0368. The zero-order chi connectivity index (χ0) is 25.6. The first-order valence-electron chi connectivity index (χ1n) is 11.5. The molecule has 186 valence electrons. The van der Waals surface area contributed by atoms with Gasteiger partial charge in [-0.2, -0.15) is 0 Å². The Balaban J connectivity index is 1.49. The highest BCUT2D eigenvalue weighted by molar-refractivity contribution is 9.10. The van der Waals surface area contributed by atoms with Crippen LogP contribution < -0.4 is 14.8 Å². The molecule has 2 N–H and O–H groups in total. The SMILES string of the molecule is COc1cc([C@@H]2Nc3c(ccc(C(=O)O)c3C)[C@H]3C=CC[C@@H]32)cc(Br)c1OCc1ccc(Cl)cc1Cl. The number of ether oxygens (including phenoxy) is 2. The fourth-order valence-electron chi connectivity index (χ4n) is 5.22. The molecular formula is C28H24BrCl2NO4. The van der Waals surface area contributed by atoms with E-state index < -0.39 is 5.97 Å². The van der Waals surface area contributed by atoms with Crippen molar-refractivity contribution in [2.24, 2.45) is 5.92 Å². The molecule has 8 heteroatoms. The summed E-state index contributed by atoms with van der Waals surface area (Å²) >= 11 is 16.0. The van der Waals surface area contributed by atoms with Crippen LogP contribution in [-0.4, -0.2) is 18.2 Å². The molecule has 2 aliphatic rings. The van der Waals surface area contributed by atoms with Crippen molar-refractivity contribution in [3.8, 4) is 11.5 Å². The van der Waals surface area contributed by atoms with Gasteiger partial charge in [0.2, 0.25) is 0 Å². The molecule has 1 aliphatic heterocycles. The molecule has 36 heavy (non-hydrogen) atoms. The van der Waals surface area contributed by atoms with E-state index >= 15 is 0 Å². The first-order chi connectivity index (χ1) is 17.3. The molecule has 3 atom stereocenters. The zero-order valence-electron chi connectivity index (χ0n) is 19.6. The Bertz CT molecular complexity index is 1390. The largest absolute Gasteiger partial charge is 0.493 e. The number of carbonyl (C=O) groups is 1. The van der Waals surface area contributed by atoms with Crippen LogP contribution in [0.3, 0.4) is 0 Å². The molecule has 0 aromatic heterocycles. The first-order valence-corrected chi connectivity index (χ1v) is 13.1. The van der Waals surface area contributed by atoms with Gasteiger partial charge in [0.25, 0.3) is 0 Å². The third-order valence-corrected chi connectivity index (χ3v) is 8.20. The van der Waals surface area contributed by atoms with E-state index in [0.29, 0.717) is 33.0 Å². The summed E-state index contributed by atoms with van der Waals surface area (Å²) in [7, 11) is 1.61. The van der Waals surface area contributed by atoms with E-state index in [9.17, 15) is 9.90 Å². The summed E-state index contributed by atoms with van der Waals surface area (Å²) in [6, 6.07) is 12.9. The Kier molecular flexibility index (Phi) is 6.95. The van der Waals surface area contributed by atoms with Gasteiger partial charge in [-0.1, -0.05) is 47.5 Å². The maximum Gasteiger partial charge on any atom is 0.336 e. The maximum atomic E-state index is 11.8. The second-order valence-electron chi connectivity index (χ2n) is 9.04. The van der Waals surface area contributed by atoms with Gasteiger partial charge in [-0.05, 0) is 82.2 Å². The summed E-state index contributed by atoms with van der Waals surface area (Å²) in [5, 5.41) is 14.4. The summed E-state index contributed by atoms with van der Waals surface area (Å²) in [5.74, 6) is 0.748. The van der Waals surface area contributed by atoms with Crippen molar-refractivity contribution in [3.05, 3.63) is 97.0 Å². The highest BCUT2D eigenvalue weighted by Gasteiger charge is 2.39. The molecule has 0 amide bonds. The predicted molar refractivity (Wildman–Crippen MR) is 146 cm³/mol. The number of aromatic carboxylic acids is 1. The summed E-state index contributed by atoms with van der Waals surface area (Å²) in [4.78, 5) is 11.8.